The summed E-state index contributed by atoms with van der Waals surface area (Å²) in [6, 6.07) is 9.28. The molecule has 1 saturated heterocycles. The Morgan fingerprint density at radius 1 is 1.47 bits per heavy atom. The van der Waals surface area contributed by atoms with Gasteiger partial charge in [0.25, 0.3) is 0 Å². The first-order valence-electron chi connectivity index (χ1n) is 4.67. The lowest BCUT2D eigenvalue weighted by Crippen LogP contribution is -2.24. The van der Waals surface area contributed by atoms with E-state index in [0.717, 1.165) is 0 Å². The summed E-state index contributed by atoms with van der Waals surface area (Å²) in [5.74, 6) is -0.247. The number of hydrogen-bond donors (Lipinski definition) is 0. The zero-order valence-electron chi connectivity index (χ0n) is 7.98. The third-order valence-electron chi connectivity index (χ3n) is 2.45. The number of para-hydroxylation sites is 1. The maximum absolute atomic E-state index is 11.6. The molecule has 4 heteroatoms. The van der Waals surface area contributed by atoms with Crippen LogP contribution in [0.15, 0.2) is 24.3 Å². The Bertz CT molecular complexity index is 438. The van der Waals surface area contributed by atoms with Gasteiger partial charge >= 0.3 is 0 Å². The van der Waals surface area contributed by atoms with Crippen LogP contribution in [-0.2, 0) is 4.79 Å². The summed E-state index contributed by atoms with van der Waals surface area (Å²) in [4.78, 5) is 13.2. The normalized spacial score (nSPS) is 20.4. The average molecular weight is 221 g/mol. The highest BCUT2D eigenvalue weighted by Gasteiger charge is 2.31. The number of carbonyl (C=O) groups is 1. The van der Waals surface area contributed by atoms with E-state index in [9.17, 15) is 4.79 Å². The van der Waals surface area contributed by atoms with Gasteiger partial charge in [0, 0.05) is 13.0 Å². The summed E-state index contributed by atoms with van der Waals surface area (Å²) >= 11 is 5.98. The van der Waals surface area contributed by atoms with Gasteiger partial charge in [-0.15, -0.1) is 0 Å². The van der Waals surface area contributed by atoms with Crippen LogP contribution < -0.4 is 4.90 Å². The zero-order chi connectivity index (χ0) is 10.8. The highest BCUT2D eigenvalue weighted by Crippen LogP contribution is 2.30. The van der Waals surface area contributed by atoms with Crippen LogP contribution in [0.4, 0.5) is 5.69 Å². The van der Waals surface area contributed by atoms with Gasteiger partial charge in [-0.3, -0.25) is 4.79 Å². The smallest absolute Gasteiger partial charge is 0.228 e. The van der Waals surface area contributed by atoms with Crippen molar-refractivity contribution in [3.05, 3.63) is 29.3 Å². The van der Waals surface area contributed by atoms with Crippen molar-refractivity contribution in [2.75, 3.05) is 11.4 Å². The van der Waals surface area contributed by atoms with E-state index in [4.69, 9.17) is 16.9 Å². The standard InChI is InChI=1S/C11H9ClN2O/c12-9-3-1-2-4-10(9)14-7-8(6-13)5-11(14)15/h1-4,8H,5,7H2. The van der Waals surface area contributed by atoms with E-state index >= 15 is 0 Å². The molecule has 0 aliphatic carbocycles. The lowest BCUT2D eigenvalue weighted by molar-refractivity contribution is -0.117. The van der Waals surface area contributed by atoms with Crippen LogP contribution in [0.1, 0.15) is 6.42 Å². The topological polar surface area (TPSA) is 44.1 Å². The molecule has 0 spiro atoms. The average Bonchev–Trinajstić information content (AvgIpc) is 2.60. The van der Waals surface area contributed by atoms with Crippen LogP contribution in [0.2, 0.25) is 5.02 Å². The molecule has 0 aromatic heterocycles. The summed E-state index contributed by atoms with van der Waals surface area (Å²) in [7, 11) is 0. The van der Waals surface area contributed by atoms with Crippen LogP contribution in [0.3, 0.4) is 0 Å². The first-order chi connectivity index (χ1) is 7.22. The van der Waals surface area contributed by atoms with Crippen molar-refractivity contribution in [3.63, 3.8) is 0 Å². The van der Waals surface area contributed by atoms with Gasteiger partial charge in [0.1, 0.15) is 0 Å². The van der Waals surface area contributed by atoms with Gasteiger partial charge in [0.15, 0.2) is 0 Å². The van der Waals surface area contributed by atoms with Crippen LogP contribution >= 0.6 is 11.6 Å². The molecule has 0 bridgehead atoms. The van der Waals surface area contributed by atoms with Crippen LogP contribution in [0.25, 0.3) is 0 Å². The van der Waals surface area contributed by atoms with E-state index in [-0.39, 0.29) is 11.8 Å². The molecule has 76 valence electrons. The Morgan fingerprint density at radius 2 is 2.20 bits per heavy atom. The fourth-order valence-electron chi connectivity index (χ4n) is 1.70. The minimum Gasteiger partial charge on any atom is -0.310 e. The largest absolute Gasteiger partial charge is 0.310 e. The minimum absolute atomic E-state index is 0.0327. The maximum atomic E-state index is 11.6. The predicted molar refractivity (Wildman–Crippen MR) is 57.5 cm³/mol. The molecule has 0 saturated carbocycles. The Hall–Kier alpha value is -1.53. The zero-order valence-corrected chi connectivity index (χ0v) is 8.74. The van der Waals surface area contributed by atoms with E-state index in [0.29, 0.717) is 23.7 Å². The molecule has 0 radical (unpaired) electrons. The Labute approximate surface area is 92.9 Å². The monoisotopic (exact) mass is 220 g/mol. The second-order valence-electron chi connectivity index (χ2n) is 3.49. The van der Waals surface area contributed by atoms with Crippen molar-refractivity contribution in [2.45, 2.75) is 6.42 Å². The molecule has 1 aliphatic rings. The van der Waals surface area contributed by atoms with Gasteiger partial charge in [-0.05, 0) is 12.1 Å². The highest BCUT2D eigenvalue weighted by molar-refractivity contribution is 6.33. The number of carbonyl (C=O) groups excluding carboxylic acids is 1. The van der Waals surface area contributed by atoms with Gasteiger partial charge in [-0.1, -0.05) is 23.7 Å². The molecule has 1 aromatic carbocycles. The Kier molecular flexibility index (Phi) is 2.61. The third kappa shape index (κ3) is 1.81. The fourth-order valence-corrected chi connectivity index (χ4v) is 1.94. The van der Waals surface area contributed by atoms with Gasteiger partial charge in [0.05, 0.1) is 22.7 Å². The Morgan fingerprint density at radius 3 is 2.80 bits per heavy atom. The molecule has 15 heavy (non-hydrogen) atoms. The molecule has 1 aliphatic heterocycles. The second kappa shape index (κ2) is 3.92. The molecule has 0 N–H and O–H groups in total. The number of hydrogen-bond acceptors (Lipinski definition) is 2. The minimum atomic E-state index is -0.214. The summed E-state index contributed by atoms with van der Waals surface area (Å²) in [6.07, 6.45) is 0.293. The molecular formula is C11H9ClN2O. The summed E-state index contributed by atoms with van der Waals surface area (Å²) in [5.41, 5.74) is 0.696. The number of anilines is 1. The number of amides is 1. The molecule has 1 atom stereocenters. The van der Waals surface area contributed by atoms with Gasteiger partial charge in [0.2, 0.25) is 5.91 Å². The van der Waals surface area contributed by atoms with E-state index < -0.39 is 0 Å². The number of nitrogens with zero attached hydrogens (tertiary/aromatic N) is 2. The quantitative estimate of drug-likeness (QED) is 0.729. The second-order valence-corrected chi connectivity index (χ2v) is 3.89. The van der Waals surface area contributed by atoms with Crippen molar-refractivity contribution in [3.8, 4) is 6.07 Å². The molecule has 1 unspecified atom stereocenters. The van der Waals surface area contributed by atoms with Gasteiger partial charge < -0.3 is 4.90 Å². The van der Waals surface area contributed by atoms with Crippen molar-refractivity contribution >= 4 is 23.2 Å². The molecular weight excluding hydrogens is 212 g/mol. The SMILES string of the molecule is N#CC1CC(=O)N(c2ccccc2Cl)C1. The molecule has 1 amide bonds. The van der Waals surface area contributed by atoms with E-state index in [1.807, 2.05) is 12.1 Å². The van der Waals surface area contributed by atoms with Crippen LogP contribution in [-0.4, -0.2) is 12.5 Å². The van der Waals surface area contributed by atoms with E-state index in [1.54, 1.807) is 17.0 Å². The van der Waals surface area contributed by atoms with E-state index in [2.05, 4.69) is 6.07 Å². The fraction of sp³-hybridized carbons (Fsp3) is 0.273. The summed E-state index contributed by atoms with van der Waals surface area (Å²) < 4.78 is 0. The Balaban J connectivity index is 2.30. The molecule has 1 heterocycles. The molecule has 1 fully saturated rings. The van der Waals surface area contributed by atoms with Gasteiger partial charge in [-0.2, -0.15) is 5.26 Å². The van der Waals surface area contributed by atoms with Crippen molar-refractivity contribution in [2.24, 2.45) is 5.92 Å². The molecule has 3 nitrogen and oxygen atoms in total. The summed E-state index contributed by atoms with van der Waals surface area (Å²) in [5, 5.41) is 9.30. The van der Waals surface area contributed by atoms with Crippen LogP contribution in [0.5, 0.6) is 0 Å². The van der Waals surface area contributed by atoms with Gasteiger partial charge in [-0.25, -0.2) is 0 Å². The molecule has 1 aromatic rings. The first-order valence-corrected chi connectivity index (χ1v) is 5.04. The van der Waals surface area contributed by atoms with E-state index in [1.165, 1.54) is 0 Å². The lowest BCUT2D eigenvalue weighted by atomic mass is 10.1. The predicted octanol–water partition coefficient (Wildman–Crippen LogP) is 2.22. The number of benzene rings is 1. The number of halogens is 1. The highest BCUT2D eigenvalue weighted by atomic mass is 35.5. The maximum Gasteiger partial charge on any atom is 0.228 e. The number of nitriles is 1. The molecule has 2 rings (SSSR count). The summed E-state index contributed by atoms with van der Waals surface area (Å²) in [6.45, 7) is 0.444. The third-order valence-corrected chi connectivity index (χ3v) is 2.77. The van der Waals surface area contributed by atoms with Crippen LogP contribution in [0, 0.1) is 17.2 Å². The van der Waals surface area contributed by atoms with Crippen molar-refractivity contribution in [1.29, 1.82) is 5.26 Å². The van der Waals surface area contributed by atoms with Crippen molar-refractivity contribution in [1.82, 2.24) is 0 Å². The number of rotatable bonds is 1. The van der Waals surface area contributed by atoms with Crippen molar-refractivity contribution < 1.29 is 4.79 Å². The first kappa shape index (κ1) is 10.0. The lowest BCUT2D eigenvalue weighted by Gasteiger charge is -2.16.